The third kappa shape index (κ3) is 3.30. The molecular formula is C12H18O6. The molecule has 3 atom stereocenters. The minimum atomic E-state index is -1.09. The fraction of sp³-hybridized carbons (Fsp3) is 0.667. The first kappa shape index (κ1) is 14.7. The van der Waals surface area contributed by atoms with Gasteiger partial charge in [-0.1, -0.05) is 19.9 Å². The van der Waals surface area contributed by atoms with Gasteiger partial charge in [-0.25, -0.2) is 4.79 Å². The van der Waals surface area contributed by atoms with E-state index in [-0.39, 0.29) is 17.9 Å². The highest BCUT2D eigenvalue weighted by Crippen LogP contribution is 2.58. The van der Waals surface area contributed by atoms with Crippen molar-refractivity contribution in [2.45, 2.75) is 20.0 Å². The maximum atomic E-state index is 11.2. The van der Waals surface area contributed by atoms with Crippen LogP contribution < -0.4 is 0 Å². The van der Waals surface area contributed by atoms with E-state index in [9.17, 15) is 9.59 Å². The van der Waals surface area contributed by atoms with Crippen LogP contribution in [0.25, 0.3) is 0 Å². The van der Waals surface area contributed by atoms with Crippen molar-refractivity contribution in [1.82, 2.24) is 0 Å². The monoisotopic (exact) mass is 258 g/mol. The molecule has 0 aromatic carbocycles. The molecule has 3 unspecified atom stereocenters. The molecule has 18 heavy (non-hydrogen) atoms. The van der Waals surface area contributed by atoms with E-state index < -0.39 is 30.6 Å². The first-order chi connectivity index (χ1) is 8.30. The number of carboxylic acid groups (broad SMARTS) is 1. The number of hydrogen-bond donors (Lipinski definition) is 3. The molecule has 6 heteroatoms. The zero-order valence-electron chi connectivity index (χ0n) is 10.4. The number of carbonyl (C=O) groups excluding carboxylic acids is 1. The van der Waals surface area contributed by atoms with Gasteiger partial charge in [-0.15, -0.1) is 0 Å². The number of ether oxygens (including phenoxy) is 1. The Morgan fingerprint density at radius 3 is 2.50 bits per heavy atom. The van der Waals surface area contributed by atoms with Crippen molar-refractivity contribution in [3.05, 3.63) is 12.2 Å². The summed E-state index contributed by atoms with van der Waals surface area (Å²) in [5.74, 6) is -2.21. The number of aliphatic carboxylic acids is 1. The Morgan fingerprint density at radius 1 is 1.44 bits per heavy atom. The lowest BCUT2D eigenvalue weighted by atomic mass is 10.1. The van der Waals surface area contributed by atoms with Crippen LogP contribution in [0.2, 0.25) is 0 Å². The largest absolute Gasteiger partial charge is 0.481 e. The van der Waals surface area contributed by atoms with Crippen molar-refractivity contribution in [2.24, 2.45) is 17.3 Å². The summed E-state index contributed by atoms with van der Waals surface area (Å²) in [5.41, 5.74) is -0.354. The number of aliphatic hydroxyl groups is 2. The lowest BCUT2D eigenvalue weighted by Gasteiger charge is -2.06. The Hall–Kier alpha value is -1.40. The second-order valence-electron chi connectivity index (χ2n) is 4.99. The highest BCUT2D eigenvalue weighted by atomic mass is 16.5. The van der Waals surface area contributed by atoms with Crippen molar-refractivity contribution >= 4 is 11.9 Å². The Labute approximate surface area is 105 Å². The molecule has 0 aromatic rings. The van der Waals surface area contributed by atoms with E-state index in [1.807, 2.05) is 13.8 Å². The standard InChI is InChI=1S/C12H18O6/c1-12(2)8(10(12)11(16)17)3-4-9(15)18-6-7(14)5-13/h3-4,7-8,10,13-14H,5-6H2,1-2H3,(H,16,17). The molecule has 0 aliphatic heterocycles. The van der Waals surface area contributed by atoms with Crippen LogP contribution in [0.4, 0.5) is 0 Å². The third-order valence-electron chi connectivity index (χ3n) is 3.25. The summed E-state index contributed by atoms with van der Waals surface area (Å²) in [6.45, 7) is 2.88. The molecule has 0 aromatic heterocycles. The topological polar surface area (TPSA) is 104 Å². The molecule has 0 saturated heterocycles. The predicted octanol–water partition coefficient (Wildman–Crippen LogP) is -0.204. The SMILES string of the molecule is CC1(C)C(C=CC(=O)OCC(O)CO)C1C(=O)O. The van der Waals surface area contributed by atoms with Crippen LogP contribution in [-0.4, -0.2) is 46.6 Å². The molecule has 1 aliphatic rings. The molecule has 1 aliphatic carbocycles. The minimum absolute atomic E-state index is 0.190. The summed E-state index contributed by atoms with van der Waals surface area (Å²) in [5, 5.41) is 26.4. The van der Waals surface area contributed by atoms with Gasteiger partial charge in [0.2, 0.25) is 0 Å². The number of allylic oxidation sites excluding steroid dienone is 1. The lowest BCUT2D eigenvalue weighted by Crippen LogP contribution is -2.21. The van der Waals surface area contributed by atoms with Crippen LogP contribution in [0.15, 0.2) is 12.2 Å². The van der Waals surface area contributed by atoms with Gasteiger partial charge in [0, 0.05) is 6.08 Å². The van der Waals surface area contributed by atoms with Crippen LogP contribution >= 0.6 is 0 Å². The van der Waals surface area contributed by atoms with Crippen molar-refractivity contribution in [1.29, 1.82) is 0 Å². The van der Waals surface area contributed by atoms with E-state index in [0.717, 1.165) is 0 Å². The predicted molar refractivity (Wildman–Crippen MR) is 61.6 cm³/mol. The fourth-order valence-electron chi connectivity index (χ4n) is 1.97. The van der Waals surface area contributed by atoms with Crippen molar-refractivity contribution < 1.29 is 29.6 Å². The Bertz CT molecular complexity index is 360. The minimum Gasteiger partial charge on any atom is -0.481 e. The van der Waals surface area contributed by atoms with Crippen LogP contribution in [0.5, 0.6) is 0 Å². The molecule has 3 N–H and O–H groups in total. The zero-order valence-corrected chi connectivity index (χ0v) is 10.4. The molecule has 0 radical (unpaired) electrons. The molecule has 102 valence electrons. The summed E-state index contributed by atoms with van der Waals surface area (Å²) in [6, 6.07) is 0. The Morgan fingerprint density at radius 2 is 2.06 bits per heavy atom. The number of carbonyl (C=O) groups is 2. The number of esters is 1. The van der Waals surface area contributed by atoms with Gasteiger partial charge >= 0.3 is 11.9 Å². The molecule has 0 spiro atoms. The van der Waals surface area contributed by atoms with Crippen LogP contribution in [0.1, 0.15) is 13.8 Å². The van der Waals surface area contributed by atoms with E-state index in [0.29, 0.717) is 0 Å². The van der Waals surface area contributed by atoms with Gasteiger partial charge in [-0.3, -0.25) is 4.79 Å². The first-order valence-corrected chi connectivity index (χ1v) is 5.67. The number of rotatable bonds is 6. The Balaban J connectivity index is 2.42. The van der Waals surface area contributed by atoms with E-state index >= 15 is 0 Å². The zero-order chi connectivity index (χ0) is 13.9. The first-order valence-electron chi connectivity index (χ1n) is 5.67. The molecule has 0 heterocycles. The molecule has 0 bridgehead atoms. The molecule has 0 amide bonds. The lowest BCUT2D eigenvalue weighted by molar-refractivity contribution is -0.141. The quantitative estimate of drug-likeness (QED) is 0.450. The highest BCUT2D eigenvalue weighted by molar-refractivity contribution is 5.83. The normalized spacial score (nSPS) is 26.9. The van der Waals surface area contributed by atoms with Gasteiger partial charge in [0.15, 0.2) is 0 Å². The van der Waals surface area contributed by atoms with E-state index in [4.69, 9.17) is 15.3 Å². The van der Waals surface area contributed by atoms with Gasteiger partial charge in [-0.05, 0) is 11.3 Å². The maximum absolute atomic E-state index is 11.2. The van der Waals surface area contributed by atoms with E-state index in [1.54, 1.807) is 0 Å². The second kappa shape index (κ2) is 5.49. The Kier molecular flexibility index (Phi) is 4.48. The second-order valence-corrected chi connectivity index (χ2v) is 4.99. The van der Waals surface area contributed by atoms with Crippen LogP contribution in [0, 0.1) is 17.3 Å². The summed E-state index contributed by atoms with van der Waals surface area (Å²) in [4.78, 5) is 22.1. The summed E-state index contributed by atoms with van der Waals surface area (Å²) >= 11 is 0. The molecule has 1 fully saturated rings. The van der Waals surface area contributed by atoms with Gasteiger partial charge in [0.25, 0.3) is 0 Å². The maximum Gasteiger partial charge on any atom is 0.330 e. The molecular weight excluding hydrogens is 240 g/mol. The van der Waals surface area contributed by atoms with Crippen molar-refractivity contribution in [2.75, 3.05) is 13.2 Å². The molecule has 6 nitrogen and oxygen atoms in total. The smallest absolute Gasteiger partial charge is 0.330 e. The number of aliphatic hydroxyl groups excluding tert-OH is 2. The average Bonchev–Trinajstić information content (AvgIpc) is 2.85. The van der Waals surface area contributed by atoms with Gasteiger partial charge in [-0.2, -0.15) is 0 Å². The van der Waals surface area contributed by atoms with E-state index in [2.05, 4.69) is 4.74 Å². The molecule has 1 saturated carbocycles. The summed E-state index contributed by atoms with van der Waals surface area (Å²) in [7, 11) is 0. The highest BCUT2D eigenvalue weighted by Gasteiger charge is 2.60. The van der Waals surface area contributed by atoms with Crippen LogP contribution in [0.3, 0.4) is 0 Å². The number of carboxylic acids is 1. The van der Waals surface area contributed by atoms with Crippen molar-refractivity contribution in [3.8, 4) is 0 Å². The summed E-state index contributed by atoms with van der Waals surface area (Å²) < 4.78 is 4.65. The number of hydrogen-bond acceptors (Lipinski definition) is 5. The third-order valence-corrected chi connectivity index (χ3v) is 3.25. The van der Waals surface area contributed by atoms with Gasteiger partial charge in [0.1, 0.15) is 12.7 Å². The van der Waals surface area contributed by atoms with Crippen molar-refractivity contribution in [3.63, 3.8) is 0 Å². The van der Waals surface area contributed by atoms with E-state index in [1.165, 1.54) is 12.2 Å². The molecule has 1 rings (SSSR count). The average molecular weight is 258 g/mol. The summed E-state index contributed by atoms with van der Waals surface area (Å²) in [6.07, 6.45) is 1.60. The van der Waals surface area contributed by atoms with Crippen LogP contribution in [-0.2, 0) is 14.3 Å². The fourth-order valence-corrected chi connectivity index (χ4v) is 1.97. The van der Waals surface area contributed by atoms with Gasteiger partial charge < -0.3 is 20.1 Å². The van der Waals surface area contributed by atoms with Gasteiger partial charge in [0.05, 0.1) is 12.5 Å².